The zero-order chi connectivity index (χ0) is 18.0. The maximum absolute atomic E-state index is 12.7. The molecule has 0 aliphatic carbocycles. The molecule has 4 heteroatoms. The predicted molar refractivity (Wildman–Crippen MR) is 107 cm³/mol. The van der Waals surface area contributed by atoms with Gasteiger partial charge in [-0.3, -0.25) is 9.69 Å². The summed E-state index contributed by atoms with van der Waals surface area (Å²) in [6.07, 6.45) is 2.31. The van der Waals surface area contributed by atoms with Gasteiger partial charge in [-0.2, -0.15) is 0 Å². The van der Waals surface area contributed by atoms with Crippen molar-refractivity contribution in [1.29, 1.82) is 0 Å². The van der Waals surface area contributed by atoms with Crippen LogP contribution in [-0.2, 0) is 4.79 Å². The van der Waals surface area contributed by atoms with E-state index < -0.39 is 0 Å². The lowest BCUT2D eigenvalue weighted by Gasteiger charge is -2.24. The molecule has 1 fully saturated rings. The van der Waals surface area contributed by atoms with Gasteiger partial charge in [-0.1, -0.05) is 32.0 Å². The van der Waals surface area contributed by atoms with Crippen LogP contribution in [0, 0.1) is 13.8 Å². The van der Waals surface area contributed by atoms with Crippen LogP contribution in [0.25, 0.3) is 0 Å². The Labute approximate surface area is 155 Å². The fraction of sp³-hybridized carbons (Fsp3) is 0.476. The molecule has 1 aromatic carbocycles. The molecule has 2 aromatic rings. The van der Waals surface area contributed by atoms with Crippen molar-refractivity contribution >= 4 is 22.9 Å². The number of carbonyl (C=O) groups is 1. The standard InChI is InChI=1S/C21H28N2OS/c1-14(2)17-8-5-7-15(3)21(17)22-20(24)13-23-12-6-9-18(23)19-11-10-16(4)25-19/h5,7-8,10-11,14,18H,6,9,12-13H2,1-4H3,(H,22,24). The molecule has 134 valence electrons. The summed E-state index contributed by atoms with van der Waals surface area (Å²) in [6.45, 7) is 10.0. The van der Waals surface area contributed by atoms with Crippen molar-refractivity contribution in [3.8, 4) is 0 Å². The lowest BCUT2D eigenvalue weighted by atomic mass is 9.98. The van der Waals surface area contributed by atoms with Gasteiger partial charge < -0.3 is 5.32 Å². The molecule has 25 heavy (non-hydrogen) atoms. The van der Waals surface area contributed by atoms with Crippen molar-refractivity contribution in [2.24, 2.45) is 0 Å². The number of likely N-dealkylation sites (tertiary alicyclic amines) is 1. The second-order valence-electron chi connectivity index (χ2n) is 7.32. The average Bonchev–Trinajstić information content (AvgIpc) is 3.17. The van der Waals surface area contributed by atoms with Gasteiger partial charge in [0.1, 0.15) is 0 Å². The summed E-state index contributed by atoms with van der Waals surface area (Å²) in [7, 11) is 0. The Kier molecular flexibility index (Phi) is 5.60. The summed E-state index contributed by atoms with van der Waals surface area (Å²) < 4.78 is 0. The number of carbonyl (C=O) groups excluding carboxylic acids is 1. The molecule has 3 nitrogen and oxygen atoms in total. The molecule has 2 heterocycles. The Balaban J connectivity index is 1.71. The van der Waals surface area contributed by atoms with Crippen molar-refractivity contribution < 1.29 is 4.79 Å². The van der Waals surface area contributed by atoms with E-state index in [1.807, 2.05) is 11.3 Å². The molecule has 1 unspecified atom stereocenters. The zero-order valence-electron chi connectivity index (χ0n) is 15.6. The molecular formula is C21H28N2OS. The first-order valence-electron chi connectivity index (χ1n) is 9.15. The van der Waals surface area contributed by atoms with Gasteiger partial charge in [0.15, 0.2) is 0 Å². The maximum atomic E-state index is 12.7. The van der Waals surface area contributed by atoms with E-state index in [1.165, 1.54) is 15.3 Å². The monoisotopic (exact) mass is 356 g/mol. The first kappa shape index (κ1) is 18.2. The summed E-state index contributed by atoms with van der Waals surface area (Å²) in [5.41, 5.74) is 3.33. The van der Waals surface area contributed by atoms with Gasteiger partial charge in [-0.05, 0) is 62.4 Å². The van der Waals surface area contributed by atoms with Crippen LogP contribution in [0.4, 0.5) is 5.69 Å². The van der Waals surface area contributed by atoms with Gasteiger partial charge in [-0.15, -0.1) is 11.3 Å². The normalized spacial score (nSPS) is 18.0. The molecule has 1 amide bonds. The Morgan fingerprint density at radius 3 is 2.76 bits per heavy atom. The molecule has 1 aromatic heterocycles. The predicted octanol–water partition coefficient (Wildman–Crippen LogP) is 5.26. The lowest BCUT2D eigenvalue weighted by Crippen LogP contribution is -2.33. The van der Waals surface area contributed by atoms with Crippen molar-refractivity contribution in [3.63, 3.8) is 0 Å². The largest absolute Gasteiger partial charge is 0.324 e. The highest BCUT2D eigenvalue weighted by molar-refractivity contribution is 7.12. The number of benzene rings is 1. The Morgan fingerprint density at radius 1 is 1.28 bits per heavy atom. The van der Waals surface area contributed by atoms with Gasteiger partial charge in [-0.25, -0.2) is 0 Å². The highest BCUT2D eigenvalue weighted by Gasteiger charge is 2.28. The van der Waals surface area contributed by atoms with Crippen LogP contribution in [0.2, 0.25) is 0 Å². The molecular weight excluding hydrogens is 328 g/mol. The molecule has 1 saturated heterocycles. The third-order valence-electron chi connectivity index (χ3n) is 4.99. The first-order chi connectivity index (χ1) is 12.0. The number of anilines is 1. The van der Waals surface area contributed by atoms with E-state index in [0.717, 1.165) is 30.6 Å². The summed E-state index contributed by atoms with van der Waals surface area (Å²) in [5, 5.41) is 3.19. The average molecular weight is 357 g/mol. The maximum Gasteiger partial charge on any atom is 0.238 e. The minimum Gasteiger partial charge on any atom is -0.324 e. The van der Waals surface area contributed by atoms with Crippen LogP contribution in [-0.4, -0.2) is 23.9 Å². The minimum atomic E-state index is 0.0939. The third kappa shape index (κ3) is 4.13. The van der Waals surface area contributed by atoms with Gasteiger partial charge in [0.05, 0.1) is 6.54 Å². The van der Waals surface area contributed by atoms with E-state index in [9.17, 15) is 4.79 Å². The Hall–Kier alpha value is -1.65. The number of nitrogens with zero attached hydrogens (tertiary/aromatic N) is 1. The first-order valence-corrected chi connectivity index (χ1v) is 9.97. The van der Waals surface area contributed by atoms with E-state index in [0.29, 0.717) is 18.5 Å². The van der Waals surface area contributed by atoms with E-state index in [4.69, 9.17) is 0 Å². The summed E-state index contributed by atoms with van der Waals surface area (Å²) in [6, 6.07) is 11.0. The number of amides is 1. The van der Waals surface area contributed by atoms with E-state index >= 15 is 0 Å². The second kappa shape index (κ2) is 7.71. The highest BCUT2D eigenvalue weighted by atomic mass is 32.1. The molecule has 0 bridgehead atoms. The lowest BCUT2D eigenvalue weighted by molar-refractivity contribution is -0.117. The molecule has 1 atom stereocenters. The van der Waals surface area contributed by atoms with Gasteiger partial charge in [0.25, 0.3) is 0 Å². The number of nitrogens with one attached hydrogen (secondary N) is 1. The van der Waals surface area contributed by atoms with Crippen LogP contribution in [0.3, 0.4) is 0 Å². The van der Waals surface area contributed by atoms with Gasteiger partial charge in [0, 0.05) is 21.5 Å². The third-order valence-corrected chi connectivity index (χ3v) is 6.09. The fourth-order valence-corrected chi connectivity index (χ4v) is 4.72. The molecule has 3 rings (SSSR count). The zero-order valence-corrected chi connectivity index (χ0v) is 16.5. The van der Waals surface area contributed by atoms with Crippen LogP contribution in [0.1, 0.15) is 59.5 Å². The SMILES string of the molecule is Cc1ccc(C2CCCN2CC(=O)Nc2c(C)cccc2C(C)C)s1. The van der Waals surface area contributed by atoms with Crippen LogP contribution >= 0.6 is 11.3 Å². The van der Waals surface area contributed by atoms with Crippen LogP contribution in [0.5, 0.6) is 0 Å². The fourth-order valence-electron chi connectivity index (χ4n) is 3.68. The number of hydrogen-bond donors (Lipinski definition) is 1. The van der Waals surface area contributed by atoms with Crippen LogP contribution in [0.15, 0.2) is 30.3 Å². The van der Waals surface area contributed by atoms with Crippen LogP contribution < -0.4 is 5.32 Å². The minimum absolute atomic E-state index is 0.0939. The summed E-state index contributed by atoms with van der Waals surface area (Å²) in [4.78, 5) is 17.8. The van der Waals surface area contributed by atoms with Gasteiger partial charge >= 0.3 is 0 Å². The smallest absolute Gasteiger partial charge is 0.238 e. The Bertz CT molecular complexity index is 750. The number of aryl methyl sites for hydroxylation is 2. The number of para-hydroxylation sites is 1. The molecule has 0 spiro atoms. The quantitative estimate of drug-likeness (QED) is 0.792. The molecule has 0 saturated carbocycles. The van der Waals surface area contributed by atoms with Crippen molar-refractivity contribution in [1.82, 2.24) is 4.90 Å². The van der Waals surface area contributed by atoms with E-state index in [1.54, 1.807) is 0 Å². The summed E-state index contributed by atoms with van der Waals surface area (Å²) >= 11 is 1.86. The topological polar surface area (TPSA) is 32.3 Å². The number of thiophene rings is 1. The Morgan fingerprint density at radius 2 is 2.08 bits per heavy atom. The highest BCUT2D eigenvalue weighted by Crippen LogP contribution is 2.35. The molecule has 1 aliphatic rings. The molecule has 0 radical (unpaired) electrons. The molecule has 1 N–H and O–H groups in total. The molecule has 1 aliphatic heterocycles. The number of rotatable bonds is 5. The summed E-state index contributed by atoms with van der Waals surface area (Å²) in [5.74, 6) is 0.486. The van der Waals surface area contributed by atoms with E-state index in [2.05, 4.69) is 68.2 Å². The van der Waals surface area contributed by atoms with Crippen molar-refractivity contribution in [3.05, 3.63) is 51.2 Å². The van der Waals surface area contributed by atoms with Gasteiger partial charge in [0.2, 0.25) is 5.91 Å². The number of hydrogen-bond acceptors (Lipinski definition) is 3. The van der Waals surface area contributed by atoms with Crippen molar-refractivity contribution in [2.75, 3.05) is 18.4 Å². The van der Waals surface area contributed by atoms with E-state index in [-0.39, 0.29) is 5.91 Å². The second-order valence-corrected chi connectivity index (χ2v) is 8.64. The van der Waals surface area contributed by atoms with Crippen molar-refractivity contribution in [2.45, 2.75) is 52.5 Å².